The Labute approximate surface area is 118 Å². The molecule has 3 N–H and O–H groups in total. The summed E-state index contributed by atoms with van der Waals surface area (Å²) in [4.78, 5) is 0. The molecule has 5 nitrogen and oxygen atoms in total. The summed E-state index contributed by atoms with van der Waals surface area (Å²) >= 11 is 0. The second kappa shape index (κ2) is 5.45. The molecule has 1 aliphatic rings. The van der Waals surface area contributed by atoms with E-state index in [1.54, 1.807) is 0 Å². The van der Waals surface area contributed by atoms with E-state index in [4.69, 9.17) is 15.2 Å². The van der Waals surface area contributed by atoms with E-state index in [0.717, 1.165) is 41.2 Å². The first-order valence-electron chi connectivity index (χ1n) is 7.02. The number of nitrogens with zero attached hydrogens (tertiary/aromatic N) is 1. The van der Waals surface area contributed by atoms with Crippen molar-refractivity contribution in [2.75, 3.05) is 12.5 Å². The van der Waals surface area contributed by atoms with E-state index in [0.29, 0.717) is 5.82 Å². The van der Waals surface area contributed by atoms with Crippen molar-refractivity contribution in [2.45, 2.75) is 32.6 Å². The minimum absolute atomic E-state index is 0.281. The van der Waals surface area contributed by atoms with Crippen molar-refractivity contribution < 1.29 is 9.47 Å². The van der Waals surface area contributed by atoms with Gasteiger partial charge in [-0.15, -0.1) is 0 Å². The first-order valence-corrected chi connectivity index (χ1v) is 7.02. The van der Waals surface area contributed by atoms with Crippen LogP contribution in [0.4, 0.5) is 5.82 Å². The third kappa shape index (κ3) is 2.31. The zero-order chi connectivity index (χ0) is 13.9. The van der Waals surface area contributed by atoms with Gasteiger partial charge in [0.15, 0.2) is 17.3 Å². The summed E-state index contributed by atoms with van der Waals surface area (Å²) < 4.78 is 10.8. The van der Waals surface area contributed by atoms with Crippen LogP contribution in [-0.2, 0) is 6.42 Å². The predicted octanol–water partition coefficient (Wildman–Crippen LogP) is 3.12. The number of aromatic amines is 1. The molecule has 2 heterocycles. The van der Waals surface area contributed by atoms with Gasteiger partial charge in [-0.1, -0.05) is 25.8 Å². The molecular weight excluding hydrogens is 254 g/mol. The van der Waals surface area contributed by atoms with Crippen LogP contribution < -0.4 is 15.2 Å². The highest BCUT2D eigenvalue weighted by Gasteiger charge is 2.18. The Morgan fingerprint density at radius 3 is 2.95 bits per heavy atom. The number of rotatable bonds is 5. The zero-order valence-corrected chi connectivity index (χ0v) is 11.6. The normalized spacial score (nSPS) is 12.8. The van der Waals surface area contributed by atoms with E-state index in [1.807, 2.05) is 18.2 Å². The molecule has 0 saturated carbocycles. The molecule has 2 aromatic rings. The fourth-order valence-electron chi connectivity index (χ4n) is 2.50. The Hall–Kier alpha value is -2.17. The average Bonchev–Trinajstić information content (AvgIpc) is 3.05. The molecule has 106 valence electrons. The second-order valence-electron chi connectivity index (χ2n) is 4.99. The summed E-state index contributed by atoms with van der Waals surface area (Å²) in [5.41, 5.74) is 9.11. The van der Waals surface area contributed by atoms with Crippen LogP contribution in [0.25, 0.3) is 11.1 Å². The largest absolute Gasteiger partial charge is 0.454 e. The van der Waals surface area contributed by atoms with E-state index in [2.05, 4.69) is 17.1 Å². The maximum Gasteiger partial charge on any atom is 0.231 e. The molecule has 0 saturated heterocycles. The number of hydrogen-bond acceptors (Lipinski definition) is 4. The van der Waals surface area contributed by atoms with Gasteiger partial charge in [0, 0.05) is 11.3 Å². The summed E-state index contributed by atoms with van der Waals surface area (Å²) in [5.74, 6) is 2.08. The first-order chi connectivity index (χ1) is 9.79. The molecule has 0 bridgehead atoms. The number of nitrogens with one attached hydrogen (secondary N) is 1. The number of benzene rings is 1. The third-order valence-corrected chi connectivity index (χ3v) is 3.56. The molecular formula is C15H19N3O2. The van der Waals surface area contributed by atoms with Crippen LogP contribution in [0.5, 0.6) is 11.5 Å². The molecule has 0 atom stereocenters. The highest BCUT2D eigenvalue weighted by atomic mass is 16.7. The van der Waals surface area contributed by atoms with Crippen LogP contribution in [0.1, 0.15) is 31.9 Å². The van der Waals surface area contributed by atoms with Crippen LogP contribution in [0, 0.1) is 0 Å². The number of aromatic nitrogens is 2. The van der Waals surface area contributed by atoms with Gasteiger partial charge >= 0.3 is 0 Å². The van der Waals surface area contributed by atoms with Gasteiger partial charge in [0.25, 0.3) is 0 Å². The molecule has 1 aromatic carbocycles. The summed E-state index contributed by atoms with van der Waals surface area (Å²) in [6.45, 7) is 2.48. The van der Waals surface area contributed by atoms with Crippen molar-refractivity contribution in [2.24, 2.45) is 0 Å². The molecule has 0 unspecified atom stereocenters. The molecule has 0 aliphatic carbocycles. The Kier molecular flexibility index (Phi) is 3.50. The lowest BCUT2D eigenvalue weighted by atomic mass is 10.0. The quantitative estimate of drug-likeness (QED) is 0.821. The van der Waals surface area contributed by atoms with Gasteiger partial charge in [-0.05, 0) is 30.5 Å². The van der Waals surface area contributed by atoms with Crippen LogP contribution >= 0.6 is 0 Å². The minimum Gasteiger partial charge on any atom is -0.454 e. The molecule has 1 aliphatic heterocycles. The van der Waals surface area contributed by atoms with Crippen LogP contribution in [0.15, 0.2) is 18.2 Å². The van der Waals surface area contributed by atoms with Crippen LogP contribution in [0.3, 0.4) is 0 Å². The second-order valence-corrected chi connectivity index (χ2v) is 4.99. The number of H-pyrrole nitrogens is 1. The topological polar surface area (TPSA) is 73.2 Å². The number of nitrogen functional groups attached to an aromatic ring is 1. The number of unbranched alkanes of at least 4 members (excludes halogenated alkanes) is 2. The van der Waals surface area contributed by atoms with Crippen LogP contribution in [0.2, 0.25) is 0 Å². The highest BCUT2D eigenvalue weighted by Crippen LogP contribution is 2.38. The van der Waals surface area contributed by atoms with Gasteiger partial charge in [0.1, 0.15) is 0 Å². The third-order valence-electron chi connectivity index (χ3n) is 3.56. The highest BCUT2D eigenvalue weighted by molar-refractivity contribution is 5.78. The van der Waals surface area contributed by atoms with Gasteiger partial charge < -0.3 is 15.2 Å². The van der Waals surface area contributed by atoms with Crippen molar-refractivity contribution in [3.8, 4) is 22.6 Å². The molecule has 0 amide bonds. The van der Waals surface area contributed by atoms with Crippen molar-refractivity contribution in [1.29, 1.82) is 0 Å². The van der Waals surface area contributed by atoms with Gasteiger partial charge in [-0.2, -0.15) is 5.10 Å². The summed E-state index contributed by atoms with van der Waals surface area (Å²) in [7, 11) is 0. The molecule has 0 spiro atoms. The Morgan fingerprint density at radius 2 is 2.10 bits per heavy atom. The Balaban J connectivity index is 1.91. The van der Waals surface area contributed by atoms with E-state index in [-0.39, 0.29) is 6.79 Å². The van der Waals surface area contributed by atoms with E-state index in [1.165, 1.54) is 12.8 Å². The molecule has 0 radical (unpaired) electrons. The minimum atomic E-state index is 0.281. The van der Waals surface area contributed by atoms with Gasteiger partial charge in [-0.25, -0.2) is 0 Å². The van der Waals surface area contributed by atoms with Crippen molar-refractivity contribution in [3.63, 3.8) is 0 Å². The van der Waals surface area contributed by atoms with Gasteiger partial charge in [-0.3, -0.25) is 5.10 Å². The zero-order valence-electron chi connectivity index (χ0n) is 11.6. The van der Waals surface area contributed by atoms with Gasteiger partial charge in [0.2, 0.25) is 6.79 Å². The lowest BCUT2D eigenvalue weighted by Crippen LogP contribution is -1.93. The number of anilines is 1. The molecule has 5 heteroatoms. The van der Waals surface area contributed by atoms with Gasteiger partial charge in [0.05, 0.1) is 0 Å². The van der Waals surface area contributed by atoms with E-state index < -0.39 is 0 Å². The molecule has 3 rings (SSSR count). The Bertz CT molecular complexity index is 607. The Morgan fingerprint density at radius 1 is 1.25 bits per heavy atom. The first kappa shape index (κ1) is 12.8. The van der Waals surface area contributed by atoms with Crippen molar-refractivity contribution in [1.82, 2.24) is 10.2 Å². The number of ether oxygens (including phenoxy) is 2. The maximum absolute atomic E-state index is 6.01. The summed E-state index contributed by atoms with van der Waals surface area (Å²) in [6, 6.07) is 5.88. The maximum atomic E-state index is 6.01. The van der Waals surface area contributed by atoms with Crippen LogP contribution in [-0.4, -0.2) is 17.0 Å². The number of hydrogen-bond donors (Lipinski definition) is 2. The number of fused-ring (bicyclic) bond motifs is 1. The summed E-state index contributed by atoms with van der Waals surface area (Å²) in [5, 5.41) is 7.20. The van der Waals surface area contributed by atoms with Crippen molar-refractivity contribution in [3.05, 3.63) is 23.9 Å². The molecule has 1 aromatic heterocycles. The SMILES string of the molecule is CCCCCc1[nH]nc(N)c1-c1ccc2c(c1)OCO2. The monoisotopic (exact) mass is 273 g/mol. The lowest BCUT2D eigenvalue weighted by Gasteiger charge is -2.05. The van der Waals surface area contributed by atoms with E-state index >= 15 is 0 Å². The number of aryl methyl sites for hydroxylation is 1. The van der Waals surface area contributed by atoms with Crippen molar-refractivity contribution >= 4 is 5.82 Å². The molecule has 0 fully saturated rings. The molecule has 20 heavy (non-hydrogen) atoms. The predicted molar refractivity (Wildman–Crippen MR) is 77.8 cm³/mol. The lowest BCUT2D eigenvalue weighted by molar-refractivity contribution is 0.174. The fourth-order valence-corrected chi connectivity index (χ4v) is 2.50. The fraction of sp³-hybridized carbons (Fsp3) is 0.400. The average molecular weight is 273 g/mol. The standard InChI is InChI=1S/C15H19N3O2/c1-2-3-4-5-11-14(15(16)18-17-11)10-6-7-12-13(8-10)20-9-19-12/h6-8H,2-5,9H2,1H3,(H3,16,17,18). The number of nitrogens with two attached hydrogens (primary N) is 1. The summed E-state index contributed by atoms with van der Waals surface area (Å²) in [6.07, 6.45) is 4.50. The van der Waals surface area contributed by atoms with E-state index in [9.17, 15) is 0 Å². The smallest absolute Gasteiger partial charge is 0.231 e.